The van der Waals surface area contributed by atoms with E-state index in [9.17, 15) is 17.2 Å². The largest absolute Gasteiger partial charge is 0.433 e. The lowest BCUT2D eigenvalue weighted by molar-refractivity contribution is -0.0493. The van der Waals surface area contributed by atoms with Crippen molar-refractivity contribution in [3.05, 3.63) is 24.3 Å². The fourth-order valence-electron chi connectivity index (χ4n) is 2.32. The number of benzene rings is 1. The lowest BCUT2D eigenvalue weighted by Gasteiger charge is -2.22. The third-order valence-corrected chi connectivity index (χ3v) is 4.72. The average Bonchev–Trinajstić information content (AvgIpc) is 2.41. The first-order chi connectivity index (χ1) is 9.96. The highest BCUT2D eigenvalue weighted by molar-refractivity contribution is 7.92. The Balaban J connectivity index is 2.05. The Morgan fingerprint density at radius 2 is 1.95 bits per heavy atom. The molecule has 1 aromatic rings. The maximum atomic E-state index is 12.3. The van der Waals surface area contributed by atoms with Gasteiger partial charge in [-0.2, -0.15) is 8.78 Å². The summed E-state index contributed by atoms with van der Waals surface area (Å²) in [7, 11) is -3.60. The molecule has 0 aromatic heterocycles. The zero-order valence-electron chi connectivity index (χ0n) is 11.4. The highest BCUT2D eigenvalue weighted by Crippen LogP contribution is 2.27. The van der Waals surface area contributed by atoms with Gasteiger partial charge in [0.15, 0.2) is 0 Å². The van der Waals surface area contributed by atoms with Crippen LogP contribution in [0.2, 0.25) is 0 Å². The number of anilines is 1. The number of hydrogen-bond donors (Lipinski definition) is 2. The highest BCUT2D eigenvalue weighted by Gasteiger charge is 2.22. The molecule has 0 unspecified atom stereocenters. The molecule has 21 heavy (non-hydrogen) atoms. The number of para-hydroxylation sites is 2. The summed E-state index contributed by atoms with van der Waals surface area (Å²) in [5.41, 5.74) is 0.0340. The molecule has 1 saturated heterocycles. The standard InChI is InChI=1S/C13H18F2N2O3S/c14-13(15)20-12-4-2-1-3-11(12)17-21(18,19)9-10-5-7-16-8-6-10/h1-4,10,13,16-17H,5-9H2. The van der Waals surface area contributed by atoms with Crippen LogP contribution < -0.4 is 14.8 Å². The summed E-state index contributed by atoms with van der Waals surface area (Å²) in [5, 5.41) is 3.16. The van der Waals surface area contributed by atoms with Crippen molar-refractivity contribution < 1.29 is 21.9 Å². The summed E-state index contributed by atoms with van der Waals surface area (Å²) in [6.45, 7) is -1.41. The molecule has 1 fully saturated rings. The van der Waals surface area contributed by atoms with Crippen LogP contribution in [-0.2, 0) is 10.0 Å². The van der Waals surface area contributed by atoms with Gasteiger partial charge in [-0.3, -0.25) is 4.72 Å². The molecule has 1 aliphatic rings. The van der Waals surface area contributed by atoms with E-state index < -0.39 is 16.6 Å². The maximum absolute atomic E-state index is 12.3. The van der Waals surface area contributed by atoms with E-state index in [2.05, 4.69) is 14.8 Å². The molecule has 5 nitrogen and oxygen atoms in total. The van der Waals surface area contributed by atoms with Crippen LogP contribution in [0.25, 0.3) is 0 Å². The van der Waals surface area contributed by atoms with Crippen molar-refractivity contribution in [3.63, 3.8) is 0 Å². The predicted molar refractivity (Wildman–Crippen MR) is 76.1 cm³/mol. The second-order valence-electron chi connectivity index (χ2n) is 4.95. The Bertz CT molecular complexity index is 560. The Labute approximate surface area is 122 Å². The van der Waals surface area contributed by atoms with Gasteiger partial charge >= 0.3 is 6.61 Å². The molecule has 0 aliphatic carbocycles. The molecule has 2 N–H and O–H groups in total. The predicted octanol–water partition coefficient (Wildman–Crippen LogP) is 2.03. The summed E-state index contributed by atoms with van der Waals surface area (Å²) in [4.78, 5) is 0. The van der Waals surface area contributed by atoms with Gasteiger partial charge in [0.25, 0.3) is 0 Å². The smallest absolute Gasteiger partial charge is 0.387 e. The van der Waals surface area contributed by atoms with Crippen LogP contribution >= 0.6 is 0 Å². The molecule has 1 heterocycles. The number of sulfonamides is 1. The second kappa shape index (κ2) is 7.04. The first kappa shape index (κ1) is 16.0. The normalized spacial score (nSPS) is 16.9. The minimum absolute atomic E-state index is 0.0162. The molecule has 2 rings (SSSR count). The number of ether oxygens (including phenoxy) is 1. The van der Waals surface area contributed by atoms with Crippen LogP contribution in [0.5, 0.6) is 5.75 Å². The van der Waals surface area contributed by atoms with Crippen molar-refractivity contribution in [1.82, 2.24) is 5.32 Å². The van der Waals surface area contributed by atoms with Gasteiger partial charge in [0.2, 0.25) is 10.0 Å². The molecule has 0 radical (unpaired) electrons. The fourth-order valence-corrected chi connectivity index (χ4v) is 3.86. The highest BCUT2D eigenvalue weighted by atomic mass is 32.2. The van der Waals surface area contributed by atoms with Crippen LogP contribution in [0.1, 0.15) is 12.8 Å². The van der Waals surface area contributed by atoms with Gasteiger partial charge in [-0.1, -0.05) is 12.1 Å². The van der Waals surface area contributed by atoms with Gasteiger partial charge in [-0.05, 0) is 44.0 Å². The Hall–Kier alpha value is -1.41. The first-order valence-corrected chi connectivity index (χ1v) is 8.36. The van der Waals surface area contributed by atoms with Crippen LogP contribution in [0, 0.1) is 5.92 Å². The van der Waals surface area contributed by atoms with E-state index in [1.54, 1.807) is 6.07 Å². The van der Waals surface area contributed by atoms with Crippen LogP contribution in [0.3, 0.4) is 0 Å². The molecule has 1 aromatic carbocycles. The summed E-state index contributed by atoms with van der Waals surface area (Å²) in [6.07, 6.45) is 1.58. The second-order valence-corrected chi connectivity index (χ2v) is 6.72. The molecule has 0 saturated carbocycles. The molecule has 0 amide bonds. The van der Waals surface area contributed by atoms with E-state index in [-0.39, 0.29) is 23.1 Å². The number of rotatable bonds is 6. The van der Waals surface area contributed by atoms with Crippen molar-refractivity contribution in [2.75, 3.05) is 23.6 Å². The molecular weight excluding hydrogens is 302 g/mol. The molecule has 1 aliphatic heterocycles. The quantitative estimate of drug-likeness (QED) is 0.841. The maximum Gasteiger partial charge on any atom is 0.387 e. The lowest BCUT2D eigenvalue weighted by Crippen LogP contribution is -2.33. The minimum atomic E-state index is -3.60. The first-order valence-electron chi connectivity index (χ1n) is 6.71. The SMILES string of the molecule is O=S(=O)(CC1CCNCC1)Nc1ccccc1OC(F)F. The zero-order valence-corrected chi connectivity index (χ0v) is 12.2. The summed E-state index contributed by atoms with van der Waals surface area (Å²) < 4.78 is 55.5. The van der Waals surface area contributed by atoms with Crippen molar-refractivity contribution in [1.29, 1.82) is 0 Å². The number of nitrogens with one attached hydrogen (secondary N) is 2. The number of alkyl halides is 2. The third-order valence-electron chi connectivity index (χ3n) is 3.28. The monoisotopic (exact) mass is 320 g/mol. The summed E-state index contributed by atoms with van der Waals surface area (Å²) >= 11 is 0. The summed E-state index contributed by atoms with van der Waals surface area (Å²) in [6, 6.07) is 5.76. The van der Waals surface area contributed by atoms with Gasteiger partial charge in [-0.25, -0.2) is 8.42 Å². The Morgan fingerprint density at radius 1 is 1.29 bits per heavy atom. The van der Waals surface area contributed by atoms with E-state index in [0.29, 0.717) is 0 Å². The van der Waals surface area contributed by atoms with E-state index in [4.69, 9.17) is 0 Å². The molecule has 0 bridgehead atoms. The number of piperidine rings is 1. The molecule has 118 valence electrons. The zero-order chi connectivity index (χ0) is 15.3. The Kier molecular flexibility index (Phi) is 5.35. The molecular formula is C13H18F2N2O3S. The van der Waals surface area contributed by atoms with E-state index in [0.717, 1.165) is 25.9 Å². The van der Waals surface area contributed by atoms with Gasteiger partial charge < -0.3 is 10.1 Å². The average molecular weight is 320 g/mol. The lowest BCUT2D eigenvalue weighted by atomic mass is 10.0. The van der Waals surface area contributed by atoms with Gasteiger partial charge in [-0.15, -0.1) is 0 Å². The van der Waals surface area contributed by atoms with Crippen LogP contribution in [0.15, 0.2) is 24.3 Å². The van der Waals surface area contributed by atoms with E-state index in [1.165, 1.54) is 18.2 Å². The van der Waals surface area contributed by atoms with Crippen LogP contribution in [-0.4, -0.2) is 33.9 Å². The van der Waals surface area contributed by atoms with E-state index in [1.807, 2.05) is 0 Å². The third kappa shape index (κ3) is 5.13. The summed E-state index contributed by atoms with van der Waals surface area (Å²) in [5.74, 6) is -0.120. The van der Waals surface area contributed by atoms with Gasteiger partial charge in [0.1, 0.15) is 5.75 Å². The van der Waals surface area contributed by atoms with Crippen molar-refractivity contribution in [2.45, 2.75) is 19.5 Å². The van der Waals surface area contributed by atoms with Gasteiger partial charge in [0.05, 0.1) is 11.4 Å². The molecule has 0 atom stereocenters. The molecule has 0 spiro atoms. The van der Waals surface area contributed by atoms with Crippen molar-refractivity contribution >= 4 is 15.7 Å². The van der Waals surface area contributed by atoms with Crippen LogP contribution in [0.4, 0.5) is 14.5 Å². The number of halogens is 2. The Morgan fingerprint density at radius 3 is 2.62 bits per heavy atom. The number of hydrogen-bond acceptors (Lipinski definition) is 4. The minimum Gasteiger partial charge on any atom is -0.433 e. The molecule has 8 heteroatoms. The fraction of sp³-hybridized carbons (Fsp3) is 0.538. The van der Waals surface area contributed by atoms with Crippen molar-refractivity contribution in [3.8, 4) is 5.75 Å². The van der Waals surface area contributed by atoms with E-state index >= 15 is 0 Å². The topological polar surface area (TPSA) is 67.4 Å². The van der Waals surface area contributed by atoms with Gasteiger partial charge in [0, 0.05) is 0 Å². The van der Waals surface area contributed by atoms with Crippen molar-refractivity contribution in [2.24, 2.45) is 5.92 Å².